The fourth-order valence-electron chi connectivity index (χ4n) is 1.77. The Morgan fingerprint density at radius 3 is 2.60 bits per heavy atom. The third kappa shape index (κ3) is 2.61. The molecule has 0 aliphatic rings. The monoisotopic (exact) mass is 270 g/mol. The molecule has 0 unspecified atom stereocenters. The van der Waals surface area contributed by atoms with Gasteiger partial charge in [-0.15, -0.1) is 0 Å². The normalized spacial score (nSPS) is 10.4. The lowest BCUT2D eigenvalue weighted by Gasteiger charge is -2.02. The fourth-order valence-corrected chi connectivity index (χ4v) is 1.77. The molecule has 3 rings (SSSR count). The average molecular weight is 270 g/mol. The van der Waals surface area contributed by atoms with Crippen LogP contribution in [0.5, 0.6) is 17.2 Å². The first-order valence-electron chi connectivity index (χ1n) is 5.98. The van der Waals surface area contributed by atoms with Gasteiger partial charge in [-0.25, -0.2) is 9.07 Å². The minimum absolute atomic E-state index is 0.192. The molecule has 5 heteroatoms. The summed E-state index contributed by atoms with van der Waals surface area (Å²) in [7, 11) is 0. The van der Waals surface area contributed by atoms with Gasteiger partial charge in [-0.3, -0.25) is 0 Å². The number of hydrogen-bond acceptors (Lipinski definition) is 3. The van der Waals surface area contributed by atoms with Crippen LogP contribution in [0.3, 0.4) is 0 Å². The zero-order valence-corrected chi connectivity index (χ0v) is 10.4. The van der Waals surface area contributed by atoms with E-state index in [0.29, 0.717) is 11.5 Å². The second-order valence-corrected chi connectivity index (χ2v) is 4.20. The molecule has 0 amide bonds. The molecule has 1 aromatic heterocycles. The maximum absolute atomic E-state index is 13.1. The van der Waals surface area contributed by atoms with Crippen LogP contribution in [-0.2, 0) is 0 Å². The van der Waals surface area contributed by atoms with Crippen LogP contribution >= 0.6 is 0 Å². The van der Waals surface area contributed by atoms with Crippen LogP contribution in [0.25, 0.3) is 5.69 Å². The van der Waals surface area contributed by atoms with Crippen molar-refractivity contribution in [2.45, 2.75) is 0 Å². The van der Waals surface area contributed by atoms with Crippen molar-refractivity contribution in [1.82, 2.24) is 9.78 Å². The summed E-state index contributed by atoms with van der Waals surface area (Å²) in [5.74, 6) is 0.754. The van der Waals surface area contributed by atoms with E-state index < -0.39 is 0 Å². The van der Waals surface area contributed by atoms with E-state index in [1.165, 1.54) is 18.3 Å². The van der Waals surface area contributed by atoms with Gasteiger partial charge in [-0.2, -0.15) is 5.10 Å². The highest BCUT2D eigenvalue weighted by molar-refractivity contribution is 5.37. The molecular formula is C15H11FN2O2. The number of aromatic hydroxyl groups is 1. The Bertz CT molecular complexity index is 723. The summed E-state index contributed by atoms with van der Waals surface area (Å²) in [5.41, 5.74) is 0.789. The largest absolute Gasteiger partial charge is 0.508 e. The van der Waals surface area contributed by atoms with Gasteiger partial charge >= 0.3 is 0 Å². The topological polar surface area (TPSA) is 47.3 Å². The first kappa shape index (κ1) is 12.2. The Kier molecular flexibility index (Phi) is 3.09. The van der Waals surface area contributed by atoms with Gasteiger partial charge in [0, 0.05) is 6.07 Å². The summed E-state index contributed by atoms with van der Waals surface area (Å²) in [6.45, 7) is 0. The minimum atomic E-state index is -0.353. The molecule has 0 atom stereocenters. The number of benzene rings is 2. The number of phenols is 1. The zero-order valence-electron chi connectivity index (χ0n) is 10.4. The SMILES string of the molecule is Oc1ccc(-n2cc(Oc3cccc(F)c3)cn2)cc1. The molecular weight excluding hydrogens is 259 g/mol. The molecule has 0 bridgehead atoms. The van der Waals surface area contributed by atoms with Gasteiger partial charge in [-0.1, -0.05) is 6.07 Å². The van der Waals surface area contributed by atoms with E-state index in [9.17, 15) is 9.50 Å². The number of hydrogen-bond donors (Lipinski definition) is 1. The molecule has 0 saturated carbocycles. The van der Waals surface area contributed by atoms with E-state index in [2.05, 4.69) is 5.10 Å². The summed E-state index contributed by atoms with van der Waals surface area (Å²) in [5, 5.41) is 13.4. The number of halogens is 1. The van der Waals surface area contributed by atoms with Crippen molar-refractivity contribution in [3.63, 3.8) is 0 Å². The van der Waals surface area contributed by atoms with Crippen molar-refractivity contribution in [1.29, 1.82) is 0 Å². The van der Waals surface area contributed by atoms with Crippen LogP contribution in [0.15, 0.2) is 60.9 Å². The molecule has 0 saturated heterocycles. The Labute approximate surface area is 114 Å². The highest BCUT2D eigenvalue weighted by Crippen LogP contribution is 2.22. The van der Waals surface area contributed by atoms with Crippen LogP contribution in [0.1, 0.15) is 0 Å². The lowest BCUT2D eigenvalue weighted by atomic mass is 10.3. The zero-order chi connectivity index (χ0) is 13.9. The van der Waals surface area contributed by atoms with Crippen molar-refractivity contribution in [2.24, 2.45) is 0 Å². The van der Waals surface area contributed by atoms with Crippen LogP contribution < -0.4 is 4.74 Å². The Morgan fingerprint density at radius 2 is 1.85 bits per heavy atom. The van der Waals surface area contributed by atoms with Crippen LogP contribution in [0.2, 0.25) is 0 Å². The second-order valence-electron chi connectivity index (χ2n) is 4.20. The van der Waals surface area contributed by atoms with Gasteiger partial charge in [0.05, 0.1) is 18.1 Å². The predicted octanol–water partition coefficient (Wildman–Crippen LogP) is 3.51. The molecule has 20 heavy (non-hydrogen) atoms. The molecule has 0 aliphatic carbocycles. The molecule has 3 aromatic rings. The Balaban J connectivity index is 1.82. The number of aromatic nitrogens is 2. The predicted molar refractivity (Wildman–Crippen MR) is 71.7 cm³/mol. The molecule has 0 radical (unpaired) electrons. The number of rotatable bonds is 3. The van der Waals surface area contributed by atoms with E-state index in [4.69, 9.17) is 4.74 Å². The van der Waals surface area contributed by atoms with Crippen molar-refractivity contribution in [3.8, 4) is 22.9 Å². The molecule has 100 valence electrons. The molecule has 1 heterocycles. The molecule has 1 N–H and O–H groups in total. The van der Waals surface area contributed by atoms with E-state index in [-0.39, 0.29) is 11.6 Å². The highest BCUT2D eigenvalue weighted by atomic mass is 19.1. The van der Waals surface area contributed by atoms with Gasteiger partial charge in [0.2, 0.25) is 0 Å². The average Bonchev–Trinajstić information content (AvgIpc) is 2.88. The molecule has 2 aromatic carbocycles. The first-order chi connectivity index (χ1) is 9.70. The smallest absolute Gasteiger partial charge is 0.165 e. The number of phenolic OH excluding ortho intramolecular Hbond substituents is 1. The maximum atomic E-state index is 13.1. The molecule has 0 fully saturated rings. The quantitative estimate of drug-likeness (QED) is 0.792. The Morgan fingerprint density at radius 1 is 1.05 bits per heavy atom. The number of ether oxygens (including phenoxy) is 1. The van der Waals surface area contributed by atoms with Crippen LogP contribution in [0, 0.1) is 5.82 Å². The molecule has 0 spiro atoms. The lowest BCUT2D eigenvalue weighted by molar-refractivity contribution is 0.475. The van der Waals surface area contributed by atoms with Crippen LogP contribution in [-0.4, -0.2) is 14.9 Å². The summed E-state index contributed by atoms with van der Waals surface area (Å²) in [6.07, 6.45) is 3.22. The molecule has 0 aliphatic heterocycles. The highest BCUT2D eigenvalue weighted by Gasteiger charge is 2.04. The summed E-state index contributed by atoms with van der Waals surface area (Å²) < 4.78 is 20.2. The summed E-state index contributed by atoms with van der Waals surface area (Å²) in [6, 6.07) is 12.5. The van der Waals surface area contributed by atoms with Crippen molar-refractivity contribution in [3.05, 3.63) is 66.7 Å². The van der Waals surface area contributed by atoms with Gasteiger partial charge in [0.15, 0.2) is 5.75 Å². The van der Waals surface area contributed by atoms with Gasteiger partial charge in [0.25, 0.3) is 0 Å². The van der Waals surface area contributed by atoms with E-state index in [1.54, 1.807) is 47.3 Å². The maximum Gasteiger partial charge on any atom is 0.165 e. The minimum Gasteiger partial charge on any atom is -0.508 e. The summed E-state index contributed by atoms with van der Waals surface area (Å²) in [4.78, 5) is 0. The third-order valence-corrected chi connectivity index (χ3v) is 2.70. The number of nitrogens with zero attached hydrogens (tertiary/aromatic N) is 2. The molecule has 4 nitrogen and oxygen atoms in total. The van der Waals surface area contributed by atoms with Gasteiger partial charge in [0.1, 0.15) is 17.3 Å². The van der Waals surface area contributed by atoms with Crippen molar-refractivity contribution >= 4 is 0 Å². The van der Waals surface area contributed by atoms with E-state index >= 15 is 0 Å². The van der Waals surface area contributed by atoms with E-state index in [0.717, 1.165) is 5.69 Å². The first-order valence-corrected chi connectivity index (χ1v) is 5.98. The standard InChI is InChI=1S/C15H11FN2O2/c16-11-2-1-3-14(8-11)20-15-9-17-18(10-15)12-4-6-13(19)7-5-12/h1-10,19H. The van der Waals surface area contributed by atoms with E-state index in [1.807, 2.05) is 0 Å². The van der Waals surface area contributed by atoms with Gasteiger partial charge < -0.3 is 9.84 Å². The van der Waals surface area contributed by atoms with Crippen molar-refractivity contribution < 1.29 is 14.2 Å². The summed E-state index contributed by atoms with van der Waals surface area (Å²) >= 11 is 0. The van der Waals surface area contributed by atoms with Crippen molar-refractivity contribution in [2.75, 3.05) is 0 Å². The fraction of sp³-hybridized carbons (Fsp3) is 0. The Hall–Kier alpha value is -2.82. The lowest BCUT2D eigenvalue weighted by Crippen LogP contribution is -1.92. The second kappa shape index (κ2) is 5.05. The van der Waals surface area contributed by atoms with Crippen LogP contribution in [0.4, 0.5) is 4.39 Å². The third-order valence-electron chi connectivity index (χ3n) is 2.70. The van der Waals surface area contributed by atoms with Gasteiger partial charge in [-0.05, 0) is 36.4 Å².